The van der Waals surface area contributed by atoms with E-state index in [0.29, 0.717) is 5.56 Å². The third kappa shape index (κ3) is 4.37. The number of urea groups is 1. The SMILES string of the molecule is CC(O)CN(C)C(=O)NCC1(c2cccc(C(F)(F)F)c2)CC1. The van der Waals surface area contributed by atoms with Crippen LogP contribution in [0.1, 0.15) is 30.9 Å². The van der Waals surface area contributed by atoms with Crippen molar-refractivity contribution in [2.75, 3.05) is 20.1 Å². The summed E-state index contributed by atoms with van der Waals surface area (Å²) >= 11 is 0. The average molecular weight is 330 g/mol. The number of alkyl halides is 3. The Hall–Kier alpha value is -1.76. The van der Waals surface area contributed by atoms with E-state index < -0.39 is 23.3 Å². The molecule has 128 valence electrons. The van der Waals surface area contributed by atoms with Gasteiger partial charge in [-0.3, -0.25) is 0 Å². The summed E-state index contributed by atoms with van der Waals surface area (Å²) < 4.78 is 38.5. The first-order chi connectivity index (χ1) is 10.6. The molecule has 1 unspecified atom stereocenters. The standard InChI is InChI=1S/C16H21F3N2O2/c1-11(22)9-21(2)14(23)20-10-15(6-7-15)12-4-3-5-13(8-12)16(17,18)19/h3-5,8,11,22H,6-7,9-10H2,1-2H3,(H,20,23). The Morgan fingerprint density at radius 2 is 2.09 bits per heavy atom. The molecule has 1 fully saturated rings. The molecule has 0 aromatic heterocycles. The molecule has 4 nitrogen and oxygen atoms in total. The van der Waals surface area contributed by atoms with E-state index in [4.69, 9.17) is 0 Å². The minimum Gasteiger partial charge on any atom is -0.392 e. The molecule has 0 radical (unpaired) electrons. The molecule has 0 aliphatic heterocycles. The Morgan fingerprint density at radius 3 is 2.61 bits per heavy atom. The van der Waals surface area contributed by atoms with Gasteiger partial charge in [-0.2, -0.15) is 13.2 Å². The van der Waals surface area contributed by atoms with Crippen LogP contribution >= 0.6 is 0 Å². The second-order valence-electron chi connectivity index (χ2n) is 6.25. The number of benzene rings is 1. The van der Waals surface area contributed by atoms with Gasteiger partial charge in [0.05, 0.1) is 11.7 Å². The van der Waals surface area contributed by atoms with Gasteiger partial charge in [0.2, 0.25) is 0 Å². The molecule has 1 aromatic rings. The van der Waals surface area contributed by atoms with Crippen LogP contribution in [0.4, 0.5) is 18.0 Å². The first-order valence-electron chi connectivity index (χ1n) is 7.49. The molecule has 0 heterocycles. The number of halogens is 3. The molecule has 0 spiro atoms. The molecule has 2 rings (SSSR count). The largest absolute Gasteiger partial charge is 0.416 e. The summed E-state index contributed by atoms with van der Waals surface area (Å²) in [7, 11) is 1.56. The number of amides is 2. The van der Waals surface area contributed by atoms with Gasteiger partial charge in [0.1, 0.15) is 0 Å². The van der Waals surface area contributed by atoms with Crippen LogP contribution < -0.4 is 5.32 Å². The van der Waals surface area contributed by atoms with Gasteiger partial charge in [-0.25, -0.2) is 4.79 Å². The topological polar surface area (TPSA) is 52.6 Å². The number of nitrogens with zero attached hydrogens (tertiary/aromatic N) is 1. The van der Waals surface area contributed by atoms with E-state index in [9.17, 15) is 23.1 Å². The fourth-order valence-electron chi connectivity index (χ4n) is 2.60. The van der Waals surface area contributed by atoms with E-state index in [1.807, 2.05) is 0 Å². The van der Waals surface area contributed by atoms with Crippen LogP contribution in [0.3, 0.4) is 0 Å². The van der Waals surface area contributed by atoms with Gasteiger partial charge in [-0.05, 0) is 31.4 Å². The van der Waals surface area contributed by atoms with Crippen molar-refractivity contribution in [3.05, 3.63) is 35.4 Å². The Balaban J connectivity index is 2.02. The van der Waals surface area contributed by atoms with Crippen molar-refractivity contribution in [2.45, 2.75) is 37.5 Å². The second kappa shape index (κ2) is 6.39. The van der Waals surface area contributed by atoms with Gasteiger partial charge >= 0.3 is 12.2 Å². The summed E-state index contributed by atoms with van der Waals surface area (Å²) in [5.41, 5.74) is -0.479. The third-order valence-electron chi connectivity index (χ3n) is 4.12. The fourth-order valence-corrected chi connectivity index (χ4v) is 2.60. The molecule has 1 atom stereocenters. The van der Waals surface area contributed by atoms with Crippen LogP contribution in [0.15, 0.2) is 24.3 Å². The molecule has 2 amide bonds. The second-order valence-corrected chi connectivity index (χ2v) is 6.25. The van der Waals surface area contributed by atoms with Gasteiger partial charge in [0, 0.05) is 25.6 Å². The highest BCUT2D eigenvalue weighted by Gasteiger charge is 2.45. The lowest BCUT2D eigenvalue weighted by Crippen LogP contribution is -2.43. The maximum Gasteiger partial charge on any atom is 0.416 e. The summed E-state index contributed by atoms with van der Waals surface area (Å²) in [6.07, 6.45) is -3.51. The number of nitrogens with one attached hydrogen (secondary N) is 1. The minimum absolute atomic E-state index is 0.197. The smallest absolute Gasteiger partial charge is 0.392 e. The van der Waals surface area contributed by atoms with Gasteiger partial charge in [0.25, 0.3) is 0 Å². The predicted molar refractivity (Wildman–Crippen MR) is 80.1 cm³/mol. The van der Waals surface area contributed by atoms with Gasteiger partial charge < -0.3 is 15.3 Å². The normalized spacial score (nSPS) is 17.5. The lowest BCUT2D eigenvalue weighted by Gasteiger charge is -2.23. The Labute approximate surface area is 133 Å². The van der Waals surface area contributed by atoms with Crippen molar-refractivity contribution in [2.24, 2.45) is 0 Å². The minimum atomic E-state index is -4.37. The zero-order chi connectivity index (χ0) is 17.3. The molecule has 23 heavy (non-hydrogen) atoms. The molecule has 1 saturated carbocycles. The van der Waals surface area contributed by atoms with Crippen LogP contribution in [-0.4, -0.2) is 42.3 Å². The summed E-state index contributed by atoms with van der Waals surface area (Å²) in [6, 6.07) is 4.95. The van der Waals surface area contributed by atoms with Crippen molar-refractivity contribution in [1.82, 2.24) is 10.2 Å². The number of hydrogen-bond acceptors (Lipinski definition) is 2. The summed E-state index contributed by atoms with van der Waals surface area (Å²) in [5, 5.41) is 12.0. The third-order valence-corrected chi connectivity index (χ3v) is 4.12. The first kappa shape index (κ1) is 17.6. The van der Waals surface area contributed by atoms with E-state index in [-0.39, 0.29) is 19.1 Å². The molecular weight excluding hydrogens is 309 g/mol. The Morgan fingerprint density at radius 1 is 1.43 bits per heavy atom. The van der Waals surface area contributed by atoms with E-state index in [1.165, 1.54) is 17.0 Å². The number of rotatable bonds is 5. The lowest BCUT2D eigenvalue weighted by atomic mass is 9.94. The summed E-state index contributed by atoms with van der Waals surface area (Å²) in [4.78, 5) is 13.3. The molecule has 1 aliphatic rings. The number of aliphatic hydroxyl groups excluding tert-OH is 1. The van der Waals surface area contributed by atoms with Crippen LogP contribution in [0.2, 0.25) is 0 Å². The van der Waals surface area contributed by atoms with Crippen molar-refractivity contribution >= 4 is 6.03 Å². The van der Waals surface area contributed by atoms with E-state index >= 15 is 0 Å². The molecule has 7 heteroatoms. The monoisotopic (exact) mass is 330 g/mol. The summed E-state index contributed by atoms with van der Waals surface area (Å²) in [6.45, 7) is 2.06. The zero-order valence-electron chi connectivity index (χ0n) is 13.2. The van der Waals surface area contributed by atoms with Crippen LogP contribution in [0.5, 0.6) is 0 Å². The highest BCUT2D eigenvalue weighted by atomic mass is 19.4. The zero-order valence-corrected chi connectivity index (χ0v) is 13.2. The predicted octanol–water partition coefficient (Wildman–Crippen LogP) is 2.76. The van der Waals surface area contributed by atoms with Crippen molar-refractivity contribution in [3.8, 4) is 0 Å². The Kier molecular flexibility index (Phi) is 4.89. The van der Waals surface area contributed by atoms with Gasteiger partial charge in [0.15, 0.2) is 0 Å². The van der Waals surface area contributed by atoms with Gasteiger partial charge in [-0.15, -0.1) is 0 Å². The van der Waals surface area contributed by atoms with Crippen LogP contribution in [0.25, 0.3) is 0 Å². The van der Waals surface area contributed by atoms with E-state index in [1.54, 1.807) is 20.0 Å². The fraction of sp³-hybridized carbons (Fsp3) is 0.562. The van der Waals surface area contributed by atoms with Crippen molar-refractivity contribution in [3.63, 3.8) is 0 Å². The molecule has 2 N–H and O–H groups in total. The number of aliphatic hydroxyl groups is 1. The molecule has 0 bridgehead atoms. The van der Waals surface area contributed by atoms with E-state index in [0.717, 1.165) is 18.9 Å². The maximum atomic E-state index is 12.8. The highest BCUT2D eigenvalue weighted by molar-refractivity contribution is 5.74. The lowest BCUT2D eigenvalue weighted by molar-refractivity contribution is -0.137. The number of likely N-dealkylation sites (N-methyl/N-ethyl adjacent to an activating group) is 1. The summed E-state index contributed by atoms with van der Waals surface area (Å²) in [5.74, 6) is 0. The molecule has 0 saturated heterocycles. The average Bonchev–Trinajstić information content (AvgIpc) is 3.24. The van der Waals surface area contributed by atoms with Crippen molar-refractivity contribution < 1.29 is 23.1 Å². The number of carbonyl (C=O) groups is 1. The number of carbonyl (C=O) groups excluding carboxylic acids is 1. The molecule has 1 aliphatic carbocycles. The van der Waals surface area contributed by atoms with Gasteiger partial charge in [-0.1, -0.05) is 18.2 Å². The quantitative estimate of drug-likeness (QED) is 0.872. The number of hydrogen-bond donors (Lipinski definition) is 2. The first-order valence-corrected chi connectivity index (χ1v) is 7.49. The van der Waals surface area contributed by atoms with Crippen LogP contribution in [-0.2, 0) is 11.6 Å². The Bertz CT molecular complexity index is 569. The maximum absolute atomic E-state index is 12.8. The molecular formula is C16H21F3N2O2. The van der Waals surface area contributed by atoms with E-state index in [2.05, 4.69) is 5.32 Å². The van der Waals surface area contributed by atoms with Crippen molar-refractivity contribution in [1.29, 1.82) is 0 Å². The highest BCUT2D eigenvalue weighted by Crippen LogP contribution is 2.48. The molecule has 1 aromatic carbocycles. The van der Waals surface area contributed by atoms with Crippen LogP contribution in [0, 0.1) is 0 Å².